The van der Waals surface area contributed by atoms with Crippen LogP contribution in [0.15, 0.2) is 30.3 Å². The van der Waals surface area contributed by atoms with Crippen molar-refractivity contribution in [1.29, 1.82) is 0 Å². The topological polar surface area (TPSA) is 32.5 Å². The van der Waals surface area contributed by atoms with Crippen molar-refractivity contribution in [1.82, 2.24) is 9.80 Å². The van der Waals surface area contributed by atoms with Gasteiger partial charge in [-0.15, -0.1) is 0 Å². The van der Waals surface area contributed by atoms with Crippen LogP contribution in [0.1, 0.15) is 11.6 Å². The first-order chi connectivity index (χ1) is 7.75. The SMILES string of the molecule is CN1CCN(CC(N)c2ccccc2)CC1. The summed E-state index contributed by atoms with van der Waals surface area (Å²) in [7, 11) is 2.18. The largest absolute Gasteiger partial charge is 0.323 e. The molecule has 1 aliphatic rings. The number of nitrogens with zero attached hydrogens (tertiary/aromatic N) is 2. The second-order valence-electron chi connectivity index (χ2n) is 4.62. The summed E-state index contributed by atoms with van der Waals surface area (Å²) >= 11 is 0. The van der Waals surface area contributed by atoms with Gasteiger partial charge in [0.2, 0.25) is 0 Å². The second kappa shape index (κ2) is 5.43. The number of likely N-dealkylation sites (N-methyl/N-ethyl adjacent to an activating group) is 1. The summed E-state index contributed by atoms with van der Waals surface area (Å²) in [6, 6.07) is 10.5. The van der Waals surface area contributed by atoms with Crippen LogP contribution in [0.25, 0.3) is 0 Å². The molecule has 16 heavy (non-hydrogen) atoms. The highest BCUT2D eigenvalue weighted by Gasteiger charge is 2.16. The van der Waals surface area contributed by atoms with Crippen LogP contribution in [0.4, 0.5) is 0 Å². The maximum Gasteiger partial charge on any atom is 0.0424 e. The first kappa shape index (κ1) is 11.6. The lowest BCUT2D eigenvalue weighted by molar-refractivity contribution is 0.147. The van der Waals surface area contributed by atoms with Crippen LogP contribution in [0.5, 0.6) is 0 Å². The Morgan fingerprint density at radius 2 is 1.75 bits per heavy atom. The van der Waals surface area contributed by atoms with Crippen LogP contribution in [0.3, 0.4) is 0 Å². The molecule has 0 amide bonds. The molecule has 0 aromatic heterocycles. The second-order valence-corrected chi connectivity index (χ2v) is 4.62. The van der Waals surface area contributed by atoms with E-state index >= 15 is 0 Å². The van der Waals surface area contributed by atoms with E-state index in [0.717, 1.165) is 32.7 Å². The van der Waals surface area contributed by atoms with Crippen molar-refractivity contribution in [3.63, 3.8) is 0 Å². The van der Waals surface area contributed by atoms with Gasteiger partial charge in [-0.05, 0) is 12.6 Å². The lowest BCUT2D eigenvalue weighted by atomic mass is 10.1. The fourth-order valence-corrected chi connectivity index (χ4v) is 2.11. The van der Waals surface area contributed by atoms with E-state index < -0.39 is 0 Å². The van der Waals surface area contributed by atoms with E-state index in [-0.39, 0.29) is 6.04 Å². The van der Waals surface area contributed by atoms with Gasteiger partial charge >= 0.3 is 0 Å². The van der Waals surface area contributed by atoms with Crippen molar-refractivity contribution in [3.8, 4) is 0 Å². The summed E-state index contributed by atoms with van der Waals surface area (Å²) in [5.74, 6) is 0. The molecule has 0 spiro atoms. The van der Waals surface area contributed by atoms with E-state index in [1.807, 2.05) is 6.07 Å². The van der Waals surface area contributed by atoms with Gasteiger partial charge in [0, 0.05) is 38.8 Å². The molecule has 3 heteroatoms. The molecular weight excluding hydrogens is 198 g/mol. The minimum absolute atomic E-state index is 0.143. The van der Waals surface area contributed by atoms with Gasteiger partial charge in [0.15, 0.2) is 0 Å². The monoisotopic (exact) mass is 219 g/mol. The Bertz CT molecular complexity index is 304. The van der Waals surface area contributed by atoms with E-state index in [1.165, 1.54) is 5.56 Å². The van der Waals surface area contributed by atoms with Crippen molar-refractivity contribution in [2.75, 3.05) is 39.8 Å². The van der Waals surface area contributed by atoms with Crippen molar-refractivity contribution >= 4 is 0 Å². The summed E-state index contributed by atoms with van der Waals surface area (Å²) in [5, 5.41) is 0. The van der Waals surface area contributed by atoms with Gasteiger partial charge in [-0.25, -0.2) is 0 Å². The normalized spacial score (nSPS) is 20.9. The number of rotatable bonds is 3. The van der Waals surface area contributed by atoms with Crippen LogP contribution in [-0.2, 0) is 0 Å². The molecule has 1 fully saturated rings. The van der Waals surface area contributed by atoms with E-state index in [2.05, 4.69) is 41.1 Å². The first-order valence-electron chi connectivity index (χ1n) is 5.97. The van der Waals surface area contributed by atoms with Crippen molar-refractivity contribution in [2.24, 2.45) is 5.73 Å². The third-order valence-electron chi connectivity index (χ3n) is 3.28. The highest BCUT2D eigenvalue weighted by atomic mass is 15.2. The van der Waals surface area contributed by atoms with Crippen LogP contribution >= 0.6 is 0 Å². The van der Waals surface area contributed by atoms with Gasteiger partial charge in [-0.2, -0.15) is 0 Å². The average Bonchev–Trinajstić information content (AvgIpc) is 2.33. The molecule has 1 heterocycles. The quantitative estimate of drug-likeness (QED) is 0.821. The number of piperazine rings is 1. The predicted octanol–water partition coefficient (Wildman–Crippen LogP) is 0.934. The maximum atomic E-state index is 6.21. The zero-order chi connectivity index (χ0) is 11.4. The Morgan fingerprint density at radius 1 is 1.12 bits per heavy atom. The van der Waals surface area contributed by atoms with Gasteiger partial charge in [0.05, 0.1) is 0 Å². The average molecular weight is 219 g/mol. The lowest BCUT2D eigenvalue weighted by Gasteiger charge is -2.33. The summed E-state index contributed by atoms with van der Waals surface area (Å²) in [4.78, 5) is 4.82. The number of nitrogens with two attached hydrogens (primary N) is 1. The fourth-order valence-electron chi connectivity index (χ4n) is 2.11. The first-order valence-corrected chi connectivity index (χ1v) is 5.97. The van der Waals surface area contributed by atoms with Crippen LogP contribution in [0.2, 0.25) is 0 Å². The molecule has 0 aliphatic carbocycles. The van der Waals surface area contributed by atoms with E-state index in [4.69, 9.17) is 5.73 Å². The highest BCUT2D eigenvalue weighted by Crippen LogP contribution is 2.12. The Labute approximate surface area is 97.8 Å². The Balaban J connectivity index is 1.86. The van der Waals surface area contributed by atoms with Gasteiger partial charge in [-0.3, -0.25) is 4.90 Å². The standard InChI is InChI=1S/C13H21N3/c1-15-7-9-16(10-8-15)11-13(14)12-5-3-2-4-6-12/h2-6,13H,7-11,14H2,1H3. The van der Waals surface area contributed by atoms with Gasteiger partial charge in [-0.1, -0.05) is 30.3 Å². The smallest absolute Gasteiger partial charge is 0.0424 e. The molecule has 0 saturated carbocycles. The predicted molar refractivity (Wildman–Crippen MR) is 67.3 cm³/mol. The van der Waals surface area contributed by atoms with Crippen LogP contribution in [0, 0.1) is 0 Å². The molecule has 2 rings (SSSR count). The summed E-state index contributed by atoms with van der Waals surface area (Å²) < 4.78 is 0. The maximum absolute atomic E-state index is 6.21. The molecule has 2 N–H and O–H groups in total. The minimum atomic E-state index is 0.143. The summed E-state index contributed by atoms with van der Waals surface area (Å²) in [5.41, 5.74) is 7.44. The molecule has 1 aromatic carbocycles. The third kappa shape index (κ3) is 3.04. The number of hydrogen-bond donors (Lipinski definition) is 1. The third-order valence-corrected chi connectivity index (χ3v) is 3.28. The zero-order valence-electron chi connectivity index (χ0n) is 9.97. The molecule has 0 radical (unpaired) electrons. The molecule has 3 nitrogen and oxygen atoms in total. The molecule has 1 aromatic rings. The van der Waals surface area contributed by atoms with E-state index in [9.17, 15) is 0 Å². The summed E-state index contributed by atoms with van der Waals surface area (Å²) in [6.45, 7) is 5.55. The van der Waals surface area contributed by atoms with Gasteiger partial charge < -0.3 is 10.6 Å². The van der Waals surface area contributed by atoms with E-state index in [0.29, 0.717) is 0 Å². The van der Waals surface area contributed by atoms with Crippen LogP contribution in [-0.4, -0.2) is 49.6 Å². The molecule has 1 unspecified atom stereocenters. The molecule has 1 saturated heterocycles. The van der Waals surface area contributed by atoms with E-state index in [1.54, 1.807) is 0 Å². The van der Waals surface area contributed by atoms with Crippen molar-refractivity contribution in [2.45, 2.75) is 6.04 Å². The Hall–Kier alpha value is -0.900. The van der Waals surface area contributed by atoms with Gasteiger partial charge in [0.1, 0.15) is 0 Å². The van der Waals surface area contributed by atoms with Gasteiger partial charge in [0.25, 0.3) is 0 Å². The lowest BCUT2D eigenvalue weighted by Crippen LogP contribution is -2.46. The summed E-state index contributed by atoms with van der Waals surface area (Å²) in [6.07, 6.45) is 0. The molecule has 1 aliphatic heterocycles. The molecular formula is C13H21N3. The number of benzene rings is 1. The molecule has 0 bridgehead atoms. The Morgan fingerprint density at radius 3 is 2.38 bits per heavy atom. The van der Waals surface area contributed by atoms with Crippen LogP contribution < -0.4 is 5.73 Å². The van der Waals surface area contributed by atoms with Crippen molar-refractivity contribution < 1.29 is 0 Å². The van der Waals surface area contributed by atoms with Crippen molar-refractivity contribution in [3.05, 3.63) is 35.9 Å². The minimum Gasteiger partial charge on any atom is -0.323 e. The zero-order valence-corrected chi connectivity index (χ0v) is 9.97. The fraction of sp³-hybridized carbons (Fsp3) is 0.538. The highest BCUT2D eigenvalue weighted by molar-refractivity contribution is 5.18. The number of hydrogen-bond acceptors (Lipinski definition) is 3. The molecule has 88 valence electrons. The molecule has 1 atom stereocenters. The Kier molecular flexibility index (Phi) is 3.93.